The molecular weight excluding hydrogens is 292 g/mol. The van der Waals surface area contributed by atoms with Crippen LogP contribution in [0.5, 0.6) is 0 Å². The molecule has 0 fully saturated rings. The van der Waals surface area contributed by atoms with E-state index in [4.69, 9.17) is 4.74 Å². The molecule has 0 aromatic heterocycles. The molecule has 2 aliphatic heterocycles. The van der Waals surface area contributed by atoms with Crippen molar-refractivity contribution in [2.24, 2.45) is 0 Å². The first-order valence-corrected chi connectivity index (χ1v) is 8.21. The SMILES string of the molecule is C=C(C)C(=O)OCC1=CSC(=C2SC=CS2)S1. The average Bonchev–Trinajstić information content (AvgIpc) is 2.95. The quantitative estimate of drug-likeness (QED) is 0.562. The van der Waals surface area contributed by atoms with Crippen LogP contribution in [0.2, 0.25) is 0 Å². The highest BCUT2D eigenvalue weighted by Gasteiger charge is 2.19. The smallest absolute Gasteiger partial charge is 0.333 e. The van der Waals surface area contributed by atoms with Crippen molar-refractivity contribution in [3.8, 4) is 0 Å². The van der Waals surface area contributed by atoms with Crippen molar-refractivity contribution in [1.82, 2.24) is 0 Å². The standard InChI is InChI=1S/C11H10O2S4/c1-7(2)9(12)13-5-8-6-16-11(17-8)10-14-3-4-15-10/h3-4,6H,1,5H2,2H3. The fraction of sp³-hybridized carbons (Fsp3) is 0.182. The molecule has 2 rings (SSSR count). The first-order chi connectivity index (χ1) is 8.16. The number of thioether (sulfide) groups is 4. The molecule has 2 nitrogen and oxygen atoms in total. The summed E-state index contributed by atoms with van der Waals surface area (Å²) in [5, 5.41) is 6.19. The molecule has 0 aliphatic carbocycles. The predicted molar refractivity (Wildman–Crippen MR) is 80.4 cm³/mol. The Morgan fingerprint density at radius 2 is 2.00 bits per heavy atom. The molecule has 0 bridgehead atoms. The second kappa shape index (κ2) is 6.13. The second-order valence-corrected chi connectivity index (χ2v) is 7.61. The van der Waals surface area contributed by atoms with Gasteiger partial charge in [-0.1, -0.05) is 53.6 Å². The largest absolute Gasteiger partial charge is 0.457 e. The molecule has 0 amide bonds. The van der Waals surface area contributed by atoms with Crippen LogP contribution in [0, 0.1) is 0 Å². The van der Waals surface area contributed by atoms with Crippen molar-refractivity contribution in [1.29, 1.82) is 0 Å². The summed E-state index contributed by atoms with van der Waals surface area (Å²) in [6, 6.07) is 0. The summed E-state index contributed by atoms with van der Waals surface area (Å²) in [5.74, 6) is -0.330. The molecule has 0 spiro atoms. The van der Waals surface area contributed by atoms with E-state index < -0.39 is 0 Å². The number of carbonyl (C=O) groups excluding carboxylic acids is 1. The van der Waals surface area contributed by atoms with Gasteiger partial charge in [0.1, 0.15) is 6.61 Å². The van der Waals surface area contributed by atoms with Gasteiger partial charge in [-0.3, -0.25) is 0 Å². The van der Waals surface area contributed by atoms with Crippen molar-refractivity contribution < 1.29 is 9.53 Å². The van der Waals surface area contributed by atoms with Gasteiger partial charge in [0.2, 0.25) is 0 Å². The van der Waals surface area contributed by atoms with Gasteiger partial charge in [-0.25, -0.2) is 4.79 Å². The van der Waals surface area contributed by atoms with E-state index in [1.807, 2.05) is 5.41 Å². The minimum Gasteiger partial charge on any atom is -0.457 e. The van der Waals surface area contributed by atoms with Crippen LogP contribution >= 0.6 is 47.0 Å². The highest BCUT2D eigenvalue weighted by molar-refractivity contribution is 8.33. The van der Waals surface area contributed by atoms with E-state index in [9.17, 15) is 4.79 Å². The Labute approximate surface area is 117 Å². The van der Waals surface area contributed by atoms with Crippen LogP contribution in [-0.2, 0) is 9.53 Å². The van der Waals surface area contributed by atoms with Crippen LogP contribution in [0.15, 0.2) is 41.8 Å². The lowest BCUT2D eigenvalue weighted by Crippen LogP contribution is -2.06. The molecular formula is C11H10O2S4. The first-order valence-electron chi connectivity index (χ1n) is 4.75. The molecule has 0 aromatic carbocycles. The van der Waals surface area contributed by atoms with Gasteiger partial charge in [0.25, 0.3) is 0 Å². The Kier molecular flexibility index (Phi) is 4.78. The zero-order chi connectivity index (χ0) is 12.3. The second-order valence-electron chi connectivity index (χ2n) is 3.24. The molecule has 6 heteroatoms. The number of hydrogen-bond acceptors (Lipinski definition) is 6. The molecule has 0 N–H and O–H groups in total. The third kappa shape index (κ3) is 3.64. The van der Waals surface area contributed by atoms with E-state index in [0.717, 1.165) is 4.91 Å². The Morgan fingerprint density at radius 3 is 2.65 bits per heavy atom. The zero-order valence-corrected chi connectivity index (χ0v) is 12.4. The van der Waals surface area contributed by atoms with E-state index in [2.05, 4.69) is 17.4 Å². The summed E-state index contributed by atoms with van der Waals surface area (Å²) >= 11 is 6.84. The molecule has 0 aromatic rings. The van der Waals surface area contributed by atoms with E-state index >= 15 is 0 Å². The number of carbonyl (C=O) groups is 1. The maximum Gasteiger partial charge on any atom is 0.333 e. The van der Waals surface area contributed by atoms with Gasteiger partial charge in [0, 0.05) is 10.5 Å². The lowest BCUT2D eigenvalue weighted by atomic mass is 10.4. The monoisotopic (exact) mass is 302 g/mol. The number of ether oxygens (including phenoxy) is 1. The summed E-state index contributed by atoms with van der Waals surface area (Å²) in [4.78, 5) is 12.3. The highest BCUT2D eigenvalue weighted by atomic mass is 32.2. The fourth-order valence-electron chi connectivity index (χ4n) is 1.00. The van der Waals surface area contributed by atoms with Gasteiger partial charge >= 0.3 is 5.97 Å². The van der Waals surface area contributed by atoms with Crippen LogP contribution in [-0.4, -0.2) is 12.6 Å². The predicted octanol–water partition coefficient (Wildman–Crippen LogP) is 4.50. The molecule has 0 radical (unpaired) electrons. The maximum atomic E-state index is 11.2. The van der Waals surface area contributed by atoms with Gasteiger partial charge in [-0.05, 0) is 23.1 Å². The molecule has 2 heterocycles. The van der Waals surface area contributed by atoms with E-state index in [-0.39, 0.29) is 5.97 Å². The van der Waals surface area contributed by atoms with Gasteiger partial charge in [0.05, 0.1) is 8.47 Å². The van der Waals surface area contributed by atoms with Gasteiger partial charge in [-0.2, -0.15) is 0 Å². The van der Waals surface area contributed by atoms with Crippen molar-refractivity contribution in [2.75, 3.05) is 6.61 Å². The summed E-state index contributed by atoms with van der Waals surface area (Å²) < 4.78 is 7.68. The minimum absolute atomic E-state index is 0.330. The van der Waals surface area contributed by atoms with Crippen LogP contribution < -0.4 is 0 Å². The summed E-state index contributed by atoms with van der Waals surface area (Å²) in [5.41, 5.74) is 0.436. The summed E-state index contributed by atoms with van der Waals surface area (Å²) in [7, 11) is 0. The number of esters is 1. The Morgan fingerprint density at radius 1 is 1.29 bits per heavy atom. The zero-order valence-electron chi connectivity index (χ0n) is 9.10. The lowest BCUT2D eigenvalue weighted by molar-refractivity contribution is -0.137. The third-order valence-corrected chi connectivity index (χ3v) is 6.83. The van der Waals surface area contributed by atoms with E-state index in [1.165, 1.54) is 8.47 Å². The summed E-state index contributed by atoms with van der Waals surface area (Å²) in [6.45, 7) is 5.54. The van der Waals surface area contributed by atoms with E-state index in [1.54, 1.807) is 54.0 Å². The van der Waals surface area contributed by atoms with Crippen LogP contribution in [0.1, 0.15) is 6.92 Å². The van der Waals surface area contributed by atoms with Crippen molar-refractivity contribution in [3.05, 3.63) is 41.8 Å². The molecule has 0 unspecified atom stereocenters. The lowest BCUT2D eigenvalue weighted by Gasteiger charge is -2.04. The molecule has 0 saturated carbocycles. The van der Waals surface area contributed by atoms with Crippen LogP contribution in [0.3, 0.4) is 0 Å². The van der Waals surface area contributed by atoms with E-state index in [0.29, 0.717) is 12.2 Å². The van der Waals surface area contributed by atoms with Gasteiger partial charge < -0.3 is 4.74 Å². The summed E-state index contributed by atoms with van der Waals surface area (Å²) in [6.07, 6.45) is 0. The molecule has 0 atom stereocenters. The minimum atomic E-state index is -0.330. The van der Waals surface area contributed by atoms with Crippen LogP contribution in [0.4, 0.5) is 0 Å². The Balaban J connectivity index is 1.84. The molecule has 0 saturated heterocycles. The molecule has 17 heavy (non-hydrogen) atoms. The highest BCUT2D eigenvalue weighted by Crippen LogP contribution is 2.53. The normalized spacial score (nSPS) is 18.5. The Hall–Kier alpha value is -0.170. The molecule has 90 valence electrons. The van der Waals surface area contributed by atoms with Crippen molar-refractivity contribution in [3.63, 3.8) is 0 Å². The van der Waals surface area contributed by atoms with Crippen molar-refractivity contribution in [2.45, 2.75) is 6.92 Å². The number of hydrogen-bond donors (Lipinski definition) is 0. The average molecular weight is 302 g/mol. The van der Waals surface area contributed by atoms with Crippen LogP contribution in [0.25, 0.3) is 0 Å². The van der Waals surface area contributed by atoms with Crippen molar-refractivity contribution >= 4 is 53.0 Å². The third-order valence-electron chi connectivity index (χ3n) is 1.79. The molecule has 2 aliphatic rings. The maximum absolute atomic E-state index is 11.2. The first kappa shape index (κ1) is 13.3. The fourth-order valence-corrected chi connectivity index (χ4v) is 5.40. The van der Waals surface area contributed by atoms with Gasteiger partial charge in [0.15, 0.2) is 0 Å². The topological polar surface area (TPSA) is 26.3 Å². The van der Waals surface area contributed by atoms with Gasteiger partial charge in [-0.15, -0.1) is 0 Å². The Bertz CT molecular complexity index is 438. The number of rotatable bonds is 3.